The molecular weight excluding hydrogens is 234 g/mol. The van der Waals surface area contributed by atoms with Crippen LogP contribution >= 0.6 is 23.3 Å². The van der Waals surface area contributed by atoms with Gasteiger partial charge in [0.2, 0.25) is 0 Å². The van der Waals surface area contributed by atoms with Crippen LogP contribution in [0.1, 0.15) is 19.8 Å². The fourth-order valence-corrected chi connectivity index (χ4v) is 2.39. The minimum Gasteiger partial charge on any atom is -0.480 e. The van der Waals surface area contributed by atoms with Crippen LogP contribution in [0.2, 0.25) is 0 Å². The molecule has 0 aliphatic heterocycles. The standard InChI is InChI=1S/C8H13N3O2S2/c1-8(9,6(12)13)3-2-4-14-7-10-5-11-15-7/h5H,2-4,9H2,1H3,(H,12,13). The van der Waals surface area contributed by atoms with Gasteiger partial charge in [0.1, 0.15) is 11.9 Å². The zero-order valence-electron chi connectivity index (χ0n) is 8.34. The Bertz CT molecular complexity index is 314. The van der Waals surface area contributed by atoms with Crippen LogP contribution in [0, 0.1) is 0 Å². The first-order chi connectivity index (χ1) is 7.02. The number of thioether (sulfide) groups is 1. The van der Waals surface area contributed by atoms with E-state index in [9.17, 15) is 4.79 Å². The summed E-state index contributed by atoms with van der Waals surface area (Å²) in [6, 6.07) is 0. The molecule has 0 aromatic carbocycles. The molecule has 0 saturated heterocycles. The third kappa shape index (κ3) is 4.15. The molecule has 1 aromatic rings. The van der Waals surface area contributed by atoms with Crippen molar-refractivity contribution in [3.8, 4) is 0 Å². The van der Waals surface area contributed by atoms with E-state index in [0.717, 1.165) is 16.5 Å². The van der Waals surface area contributed by atoms with Crippen LogP contribution in [0.25, 0.3) is 0 Å². The highest BCUT2D eigenvalue weighted by molar-refractivity contribution is 8.00. The van der Waals surface area contributed by atoms with E-state index in [-0.39, 0.29) is 0 Å². The maximum Gasteiger partial charge on any atom is 0.323 e. The van der Waals surface area contributed by atoms with Crippen molar-refractivity contribution in [1.82, 2.24) is 9.36 Å². The molecule has 15 heavy (non-hydrogen) atoms. The molecule has 5 nitrogen and oxygen atoms in total. The lowest BCUT2D eigenvalue weighted by Crippen LogP contribution is -2.44. The lowest BCUT2D eigenvalue weighted by atomic mass is 9.98. The molecule has 0 amide bonds. The summed E-state index contributed by atoms with van der Waals surface area (Å²) in [6.45, 7) is 1.53. The molecule has 0 saturated carbocycles. The van der Waals surface area contributed by atoms with E-state index in [2.05, 4.69) is 9.36 Å². The Morgan fingerprint density at radius 2 is 2.53 bits per heavy atom. The summed E-state index contributed by atoms with van der Waals surface area (Å²) in [4.78, 5) is 14.7. The number of nitrogens with two attached hydrogens (primary N) is 1. The van der Waals surface area contributed by atoms with Crippen molar-refractivity contribution in [2.24, 2.45) is 5.73 Å². The van der Waals surface area contributed by atoms with E-state index in [1.54, 1.807) is 11.8 Å². The van der Waals surface area contributed by atoms with Crippen LogP contribution in [-0.4, -0.2) is 31.7 Å². The molecule has 7 heteroatoms. The summed E-state index contributed by atoms with van der Waals surface area (Å²) in [5.74, 6) is -0.140. The molecule has 0 spiro atoms. The van der Waals surface area contributed by atoms with Gasteiger partial charge >= 0.3 is 5.97 Å². The van der Waals surface area contributed by atoms with E-state index >= 15 is 0 Å². The molecular formula is C8H13N3O2S2. The average Bonchev–Trinajstić information content (AvgIpc) is 2.64. The molecule has 0 aliphatic rings. The highest BCUT2D eigenvalue weighted by Gasteiger charge is 2.26. The van der Waals surface area contributed by atoms with Gasteiger partial charge in [0, 0.05) is 5.75 Å². The average molecular weight is 247 g/mol. The summed E-state index contributed by atoms with van der Waals surface area (Å²) in [5, 5.41) is 8.77. The van der Waals surface area contributed by atoms with E-state index in [1.807, 2.05) is 0 Å². The Hall–Kier alpha value is -0.660. The second-order valence-electron chi connectivity index (χ2n) is 3.38. The normalized spacial score (nSPS) is 14.8. The van der Waals surface area contributed by atoms with Crippen molar-refractivity contribution in [3.63, 3.8) is 0 Å². The van der Waals surface area contributed by atoms with Crippen LogP contribution in [0.4, 0.5) is 0 Å². The largest absolute Gasteiger partial charge is 0.480 e. The number of rotatable bonds is 6. The van der Waals surface area contributed by atoms with Gasteiger partial charge < -0.3 is 10.8 Å². The summed E-state index contributed by atoms with van der Waals surface area (Å²) < 4.78 is 4.78. The van der Waals surface area contributed by atoms with Gasteiger partial charge in [-0.1, -0.05) is 11.8 Å². The first kappa shape index (κ1) is 12.4. The molecule has 1 aromatic heterocycles. The molecule has 0 bridgehead atoms. The minimum atomic E-state index is -1.12. The van der Waals surface area contributed by atoms with Crippen molar-refractivity contribution < 1.29 is 9.90 Å². The molecule has 0 fully saturated rings. The van der Waals surface area contributed by atoms with Gasteiger partial charge in [-0.3, -0.25) is 4.79 Å². The van der Waals surface area contributed by atoms with Gasteiger partial charge in [0.05, 0.1) is 0 Å². The third-order valence-electron chi connectivity index (χ3n) is 1.90. The van der Waals surface area contributed by atoms with E-state index < -0.39 is 11.5 Å². The van der Waals surface area contributed by atoms with E-state index in [1.165, 1.54) is 24.8 Å². The van der Waals surface area contributed by atoms with E-state index in [4.69, 9.17) is 10.8 Å². The van der Waals surface area contributed by atoms with Gasteiger partial charge in [-0.2, -0.15) is 4.37 Å². The maximum absolute atomic E-state index is 10.7. The van der Waals surface area contributed by atoms with Crippen molar-refractivity contribution >= 4 is 29.3 Å². The Balaban J connectivity index is 2.19. The molecule has 0 aliphatic carbocycles. The Morgan fingerprint density at radius 1 is 1.80 bits per heavy atom. The monoisotopic (exact) mass is 247 g/mol. The molecule has 0 radical (unpaired) electrons. The second kappa shape index (κ2) is 5.43. The van der Waals surface area contributed by atoms with Crippen LogP contribution in [-0.2, 0) is 4.79 Å². The van der Waals surface area contributed by atoms with Gasteiger partial charge in [0.15, 0.2) is 4.34 Å². The number of nitrogens with zero attached hydrogens (tertiary/aromatic N) is 2. The maximum atomic E-state index is 10.7. The highest BCUT2D eigenvalue weighted by Crippen LogP contribution is 2.21. The topological polar surface area (TPSA) is 89.1 Å². The zero-order chi connectivity index (χ0) is 11.3. The fraction of sp³-hybridized carbons (Fsp3) is 0.625. The zero-order valence-corrected chi connectivity index (χ0v) is 9.98. The van der Waals surface area contributed by atoms with Gasteiger partial charge in [-0.15, -0.1) is 0 Å². The number of hydrogen-bond donors (Lipinski definition) is 2. The van der Waals surface area contributed by atoms with Crippen molar-refractivity contribution in [2.45, 2.75) is 29.6 Å². The van der Waals surface area contributed by atoms with Crippen molar-refractivity contribution in [2.75, 3.05) is 5.75 Å². The molecule has 3 N–H and O–H groups in total. The number of aliphatic carboxylic acids is 1. The van der Waals surface area contributed by atoms with Crippen LogP contribution in [0.5, 0.6) is 0 Å². The lowest BCUT2D eigenvalue weighted by molar-refractivity contribution is -0.142. The Labute approximate surface area is 96.3 Å². The van der Waals surface area contributed by atoms with Gasteiger partial charge in [-0.05, 0) is 31.3 Å². The molecule has 1 heterocycles. The number of carboxylic acids is 1. The van der Waals surface area contributed by atoms with Crippen molar-refractivity contribution in [1.29, 1.82) is 0 Å². The molecule has 1 atom stereocenters. The fourth-order valence-electron chi connectivity index (χ4n) is 0.932. The summed E-state index contributed by atoms with van der Waals surface area (Å²) in [7, 11) is 0. The first-order valence-electron chi connectivity index (χ1n) is 4.44. The third-order valence-corrected chi connectivity index (χ3v) is 3.78. The summed E-state index contributed by atoms with van der Waals surface area (Å²) in [6.07, 6.45) is 2.73. The number of aromatic nitrogens is 2. The second-order valence-corrected chi connectivity index (χ2v) is 5.50. The lowest BCUT2D eigenvalue weighted by Gasteiger charge is -2.18. The predicted molar refractivity (Wildman–Crippen MR) is 60.1 cm³/mol. The molecule has 1 rings (SSSR count). The summed E-state index contributed by atoms with van der Waals surface area (Å²) >= 11 is 2.92. The molecule has 1 unspecified atom stereocenters. The van der Waals surface area contributed by atoms with E-state index in [0.29, 0.717) is 6.42 Å². The van der Waals surface area contributed by atoms with Crippen LogP contribution in [0.15, 0.2) is 10.7 Å². The van der Waals surface area contributed by atoms with Crippen molar-refractivity contribution in [3.05, 3.63) is 6.33 Å². The SMILES string of the molecule is CC(N)(CCCSc1ncns1)C(=O)O. The van der Waals surface area contributed by atoms with Crippen LogP contribution in [0.3, 0.4) is 0 Å². The Morgan fingerprint density at radius 3 is 3.07 bits per heavy atom. The highest BCUT2D eigenvalue weighted by atomic mass is 32.2. The minimum absolute atomic E-state index is 0.466. The van der Waals surface area contributed by atoms with Gasteiger partial charge in [0.25, 0.3) is 0 Å². The smallest absolute Gasteiger partial charge is 0.323 e. The Kier molecular flexibility index (Phi) is 4.49. The molecule has 84 valence electrons. The number of hydrogen-bond acceptors (Lipinski definition) is 6. The van der Waals surface area contributed by atoms with Gasteiger partial charge in [-0.25, -0.2) is 4.98 Å². The predicted octanol–water partition coefficient (Wildman–Crippen LogP) is 1.21. The number of carbonyl (C=O) groups is 1. The summed E-state index contributed by atoms with van der Waals surface area (Å²) in [5.41, 5.74) is 4.46. The van der Waals surface area contributed by atoms with Crippen LogP contribution < -0.4 is 5.73 Å². The first-order valence-corrected chi connectivity index (χ1v) is 6.20. The quantitative estimate of drug-likeness (QED) is 0.580. The number of carboxylic acid groups (broad SMARTS) is 1.